The Labute approximate surface area is 491 Å². The molecule has 7 aromatic rings. The summed E-state index contributed by atoms with van der Waals surface area (Å²) in [4.78, 5) is 77.5. The first-order valence-corrected chi connectivity index (χ1v) is 25.4. The molecule has 0 saturated carbocycles. The van der Waals surface area contributed by atoms with Gasteiger partial charge in [-0.1, -0.05) is 35.4 Å². The fourth-order valence-corrected chi connectivity index (χ4v) is 7.63. The number of carbonyl (C=O) groups is 5. The van der Waals surface area contributed by atoms with Gasteiger partial charge in [0.15, 0.2) is 17.3 Å². The van der Waals surface area contributed by atoms with Gasteiger partial charge in [0.05, 0.1) is 76.6 Å². The van der Waals surface area contributed by atoms with Crippen LogP contribution in [0.2, 0.25) is 0 Å². The van der Waals surface area contributed by atoms with Crippen LogP contribution in [0.3, 0.4) is 0 Å². The number of Topliss-reactive ketones (excluding diaryl/α,β-unsaturated/α-hetero) is 3. The fraction of sp³-hybridized carbons (Fsp3) is 0.293. The quantitative estimate of drug-likeness (QED) is 0.0261. The van der Waals surface area contributed by atoms with Crippen LogP contribution in [-0.4, -0.2) is 98.0 Å². The maximum absolute atomic E-state index is 11.7. The molecule has 7 aromatic heterocycles. The Morgan fingerprint density at radius 2 is 1.24 bits per heavy atom. The Hall–Kier alpha value is -7.90. The number of anilines is 3. The first kappa shape index (κ1) is 68.2. The molecule has 5 N–H and O–H groups in total. The molecule has 1 atom stereocenters. The Balaban J connectivity index is 0.000000340. The fourth-order valence-electron chi connectivity index (χ4n) is 7.36. The van der Waals surface area contributed by atoms with Gasteiger partial charge in [0.2, 0.25) is 5.78 Å². The number of H-pyrrole nitrogens is 1. The third-order valence-electron chi connectivity index (χ3n) is 11.2. The summed E-state index contributed by atoms with van der Waals surface area (Å²) in [7, 11) is 3.03. The predicted octanol–water partition coefficient (Wildman–Crippen LogP) is 11.1. The number of hydrogen-bond donors (Lipinski definition) is 4. The van der Waals surface area contributed by atoms with Crippen LogP contribution in [0.25, 0.3) is 5.70 Å². The van der Waals surface area contributed by atoms with Crippen LogP contribution in [0.5, 0.6) is 0 Å². The molecule has 428 valence electrons. The van der Waals surface area contributed by atoms with E-state index in [4.69, 9.17) is 5.73 Å². The molecule has 2 aliphatic heterocycles. The number of carbonyl (C=O) groups excluding carboxylic acids is 5. The summed E-state index contributed by atoms with van der Waals surface area (Å²) in [6, 6.07) is 22.7. The van der Waals surface area contributed by atoms with Gasteiger partial charge in [-0.05, 0) is 159 Å². The average Bonchev–Trinajstić information content (AvgIpc) is 4.21. The third kappa shape index (κ3) is 20.4. The largest absolute Gasteiger partial charge is 0.383 e. The summed E-state index contributed by atoms with van der Waals surface area (Å²) >= 11 is 3.20. The summed E-state index contributed by atoms with van der Waals surface area (Å²) in [5, 5.41) is 22.6. The number of nitrogen functional groups attached to an aromatic ring is 1. The van der Waals surface area contributed by atoms with Crippen molar-refractivity contribution in [2.75, 3.05) is 30.5 Å². The number of nitrogens with two attached hydrogens (primary N) is 1. The van der Waals surface area contributed by atoms with Gasteiger partial charge in [-0.3, -0.25) is 48.9 Å². The zero-order valence-electron chi connectivity index (χ0n) is 47.7. The van der Waals surface area contributed by atoms with E-state index in [-0.39, 0.29) is 74.0 Å². The van der Waals surface area contributed by atoms with Crippen molar-refractivity contribution >= 4 is 68.1 Å². The molecule has 20 nitrogen and oxygen atoms in total. The molecule has 0 fully saturated rings. The van der Waals surface area contributed by atoms with Crippen LogP contribution in [0.1, 0.15) is 142 Å². The van der Waals surface area contributed by atoms with E-state index in [0.29, 0.717) is 28.2 Å². The van der Waals surface area contributed by atoms with Gasteiger partial charge in [0.1, 0.15) is 27.8 Å². The molecule has 9 rings (SSSR count). The van der Waals surface area contributed by atoms with Gasteiger partial charge in [-0.25, -0.2) is 19.4 Å². The molecule has 0 bridgehead atoms. The molecule has 0 spiro atoms. The van der Waals surface area contributed by atoms with Gasteiger partial charge in [0, 0.05) is 58.3 Å². The molecule has 1 unspecified atom stereocenters. The Kier molecular flexibility index (Phi) is 27.5. The van der Waals surface area contributed by atoms with E-state index < -0.39 is 0 Å². The summed E-state index contributed by atoms with van der Waals surface area (Å²) in [5.41, 5.74) is 11.7. The molecule has 0 radical (unpaired) electrons. The number of nitrogens with zero attached hydrogens (tertiary/aromatic N) is 10. The predicted molar refractivity (Wildman–Crippen MR) is 313 cm³/mol. The van der Waals surface area contributed by atoms with Gasteiger partial charge >= 0.3 is 0 Å². The standard InChI is InChI=1S/C15H18N4O.C15H16N4O.C10H11NO.C7H13NO2.C5H4BrN.C5H7N3O.CH3.Pd/c2*1-10(20)11-9-17-19-14(11)18-13(8-15(19,2)3)12-6-4-5-7-16-12;1-8(2)7-10(12)9-5-3-4-6-11-9;1-6(2)5-7(9)8(3)10-4;6-5-3-1-2-4-7-5;1-3(9)4-2-7-8-5(4)6;;/h4-7,9,13,18H,8H2,1-3H3;4-9,18H,1-3H3;3-7H,1-2H3;5H,1-4H3;1-4H;2H,1H3,(H3,6,7,8);1H3;/q;;;;;;-1;. The number of aromatic amines is 1. The SMILES string of the molecule is Brc1ccccn1.CC(=O)c1cn[nH]c1N.CC(=O)c1cnn2c1NC(c1ccccn1)=CC2(C)C.CC(=O)c1cnn2c1NC(c1ccccn1)CC2(C)C.CC(C)=CC(=O)c1ccccn1.CON(C)C(=O)C=C(C)C.[CH3-].[Pd]. The number of pyridine rings is 4. The van der Waals surface area contributed by atoms with E-state index in [1.54, 1.807) is 82.4 Å². The summed E-state index contributed by atoms with van der Waals surface area (Å²) in [5.74, 6) is 1.64. The molecule has 1 amide bonds. The maximum atomic E-state index is 11.7. The number of allylic oxidation sites excluding steroid dienone is 4. The van der Waals surface area contributed by atoms with Crippen molar-refractivity contribution in [3.63, 3.8) is 0 Å². The molecule has 22 heteroatoms. The monoisotopic (exact) mass is 1250 g/mol. The summed E-state index contributed by atoms with van der Waals surface area (Å²) < 4.78 is 4.62. The van der Waals surface area contributed by atoms with E-state index in [9.17, 15) is 24.0 Å². The van der Waals surface area contributed by atoms with Gasteiger partial charge < -0.3 is 23.8 Å². The molecule has 9 heterocycles. The molecule has 2 aliphatic rings. The Morgan fingerprint density at radius 3 is 1.68 bits per heavy atom. The van der Waals surface area contributed by atoms with Crippen molar-refractivity contribution in [3.8, 4) is 0 Å². The second-order valence-corrected chi connectivity index (χ2v) is 20.0. The molecule has 0 aromatic carbocycles. The van der Waals surface area contributed by atoms with E-state index >= 15 is 0 Å². The number of ketones is 4. The number of hydroxylamine groups is 2. The zero-order chi connectivity index (χ0) is 57.7. The van der Waals surface area contributed by atoms with Crippen LogP contribution in [0, 0.1) is 7.43 Å². The second kappa shape index (κ2) is 32.2. The van der Waals surface area contributed by atoms with E-state index in [1.807, 2.05) is 91.7 Å². The Morgan fingerprint density at radius 1 is 0.700 bits per heavy atom. The van der Waals surface area contributed by atoms with Crippen LogP contribution < -0.4 is 16.4 Å². The van der Waals surface area contributed by atoms with E-state index in [1.165, 1.54) is 31.4 Å². The number of rotatable bonds is 9. The number of halogens is 1. The molecule has 80 heavy (non-hydrogen) atoms. The van der Waals surface area contributed by atoms with Crippen molar-refractivity contribution in [2.24, 2.45) is 0 Å². The second-order valence-electron chi connectivity index (χ2n) is 19.2. The first-order chi connectivity index (χ1) is 36.9. The van der Waals surface area contributed by atoms with Gasteiger partial charge in [-0.15, -0.1) is 0 Å². The van der Waals surface area contributed by atoms with Crippen molar-refractivity contribution in [2.45, 2.75) is 99.7 Å². The van der Waals surface area contributed by atoms with E-state index in [0.717, 1.165) is 50.9 Å². The zero-order valence-corrected chi connectivity index (χ0v) is 50.8. The third-order valence-corrected chi connectivity index (χ3v) is 11.6. The summed E-state index contributed by atoms with van der Waals surface area (Å²) in [6.07, 6.45) is 17.6. The maximum Gasteiger partial charge on any atom is 0.269 e. The van der Waals surface area contributed by atoms with Crippen LogP contribution in [0.15, 0.2) is 150 Å². The van der Waals surface area contributed by atoms with E-state index in [2.05, 4.69) is 106 Å². The number of likely N-dealkylation sites (N-methyl/N-ethyl adjacent to an activating group) is 1. The number of amides is 1. The van der Waals surface area contributed by atoms with Crippen molar-refractivity contribution < 1.29 is 49.2 Å². The molecular weight excluding hydrogens is 1180 g/mol. The Bertz CT molecular complexity index is 3200. The summed E-state index contributed by atoms with van der Waals surface area (Å²) in [6.45, 7) is 20.4. The number of hydrogen-bond acceptors (Lipinski definition) is 16. The van der Waals surface area contributed by atoms with Crippen LogP contribution in [-0.2, 0) is 41.1 Å². The van der Waals surface area contributed by atoms with Crippen LogP contribution in [0.4, 0.5) is 17.5 Å². The number of aromatic nitrogens is 10. The van der Waals surface area contributed by atoms with Crippen LogP contribution >= 0.6 is 15.9 Å². The van der Waals surface area contributed by atoms with Crippen molar-refractivity contribution in [1.82, 2.24) is 54.8 Å². The minimum Gasteiger partial charge on any atom is -0.383 e. The average molecular weight is 1250 g/mol. The topological polar surface area (TPSA) is 264 Å². The smallest absolute Gasteiger partial charge is 0.269 e. The van der Waals surface area contributed by atoms with Gasteiger partial charge in [0.25, 0.3) is 5.91 Å². The normalized spacial score (nSPS) is 13.3. The van der Waals surface area contributed by atoms with Crippen molar-refractivity contribution in [3.05, 3.63) is 191 Å². The minimum atomic E-state index is -0.318. The first-order valence-electron chi connectivity index (χ1n) is 24.6. The number of nitrogens with one attached hydrogen (secondary N) is 3. The molecule has 0 saturated heterocycles. The minimum absolute atomic E-state index is 0. The van der Waals surface area contributed by atoms with Crippen molar-refractivity contribution in [1.29, 1.82) is 0 Å². The van der Waals surface area contributed by atoms with Gasteiger partial charge in [-0.2, -0.15) is 15.3 Å². The molecule has 0 aliphatic carbocycles. The number of fused-ring (bicyclic) bond motifs is 2. The molecular formula is C58H72BrN14O6Pd-.